The number of nitrogens with one attached hydrogen (secondary N) is 1. The molecule has 0 fully saturated rings. The quantitative estimate of drug-likeness (QED) is 0.728. The van der Waals surface area contributed by atoms with Crippen LogP contribution in [0.2, 0.25) is 10.0 Å². The summed E-state index contributed by atoms with van der Waals surface area (Å²) in [6.07, 6.45) is 0. The van der Waals surface area contributed by atoms with Gasteiger partial charge >= 0.3 is 0 Å². The van der Waals surface area contributed by atoms with Crippen LogP contribution < -0.4 is 10.5 Å². The van der Waals surface area contributed by atoms with Crippen molar-refractivity contribution in [3.8, 4) is 5.75 Å². The smallest absolute Gasteiger partial charge is 0.268 e. The van der Waals surface area contributed by atoms with Crippen molar-refractivity contribution in [1.82, 2.24) is 4.72 Å². The molecule has 0 saturated heterocycles. The summed E-state index contributed by atoms with van der Waals surface area (Å²) in [6.45, 7) is 0. The monoisotopic (exact) mass is 360 g/mol. The fourth-order valence-electron chi connectivity index (χ4n) is 1.62. The van der Waals surface area contributed by atoms with Crippen molar-refractivity contribution in [3.63, 3.8) is 0 Å². The minimum Gasteiger partial charge on any atom is -0.506 e. The molecule has 2 aromatic carbocycles. The third-order valence-electron chi connectivity index (χ3n) is 2.69. The number of amides is 1. The van der Waals surface area contributed by atoms with Gasteiger partial charge in [0.1, 0.15) is 5.75 Å². The average molecular weight is 361 g/mol. The number of benzene rings is 2. The van der Waals surface area contributed by atoms with Crippen molar-refractivity contribution in [2.45, 2.75) is 4.90 Å². The van der Waals surface area contributed by atoms with Gasteiger partial charge in [0.2, 0.25) is 0 Å². The Hall–Kier alpha value is -1.96. The molecule has 0 unspecified atom stereocenters. The summed E-state index contributed by atoms with van der Waals surface area (Å²) in [4.78, 5) is 11.9. The molecule has 0 aliphatic carbocycles. The summed E-state index contributed by atoms with van der Waals surface area (Å²) in [5, 5.41) is 9.65. The van der Waals surface area contributed by atoms with E-state index >= 15 is 0 Å². The SMILES string of the molecule is Nc1ccc(S(=O)(=O)NC(=O)c2cc(Cl)cc(Cl)c2O)cc1. The highest BCUT2D eigenvalue weighted by atomic mass is 35.5. The van der Waals surface area contributed by atoms with Gasteiger partial charge in [-0.2, -0.15) is 0 Å². The molecule has 0 saturated carbocycles. The number of sulfonamides is 1. The number of carbonyl (C=O) groups is 1. The van der Waals surface area contributed by atoms with Crippen LogP contribution in [0.1, 0.15) is 10.4 Å². The molecule has 6 nitrogen and oxygen atoms in total. The van der Waals surface area contributed by atoms with E-state index < -0.39 is 21.7 Å². The summed E-state index contributed by atoms with van der Waals surface area (Å²) in [7, 11) is -4.12. The van der Waals surface area contributed by atoms with E-state index in [0.29, 0.717) is 5.69 Å². The third-order valence-corrected chi connectivity index (χ3v) is 4.54. The lowest BCUT2D eigenvalue weighted by Gasteiger charge is -2.09. The standard InChI is InChI=1S/C13H10Cl2N2O4S/c14-7-5-10(12(18)11(15)6-7)13(19)17-22(20,21)9-3-1-8(16)2-4-9/h1-6,18H,16H2,(H,17,19). The summed E-state index contributed by atoms with van der Waals surface area (Å²) in [5.74, 6) is -1.62. The van der Waals surface area contributed by atoms with Gasteiger partial charge in [-0.15, -0.1) is 0 Å². The molecule has 0 aromatic heterocycles. The summed E-state index contributed by atoms with van der Waals surface area (Å²) < 4.78 is 26.0. The predicted octanol–water partition coefficient (Wildman–Crippen LogP) is 2.40. The first kappa shape index (κ1) is 16.4. The number of rotatable bonds is 3. The molecule has 4 N–H and O–H groups in total. The molecule has 9 heteroatoms. The molecule has 0 heterocycles. The van der Waals surface area contributed by atoms with E-state index in [9.17, 15) is 18.3 Å². The lowest BCUT2D eigenvalue weighted by Crippen LogP contribution is -2.30. The fourth-order valence-corrected chi connectivity index (χ4v) is 3.08. The average Bonchev–Trinajstić information content (AvgIpc) is 2.42. The normalized spacial score (nSPS) is 11.2. The van der Waals surface area contributed by atoms with Crippen LogP contribution in [0.25, 0.3) is 0 Å². The summed E-state index contributed by atoms with van der Waals surface area (Å²) in [5.41, 5.74) is 5.50. The lowest BCUT2D eigenvalue weighted by molar-refractivity contribution is 0.0979. The third kappa shape index (κ3) is 3.44. The molecule has 22 heavy (non-hydrogen) atoms. The van der Waals surface area contributed by atoms with E-state index in [2.05, 4.69) is 0 Å². The molecule has 116 valence electrons. The second-order valence-corrected chi connectivity index (χ2v) is 6.81. The van der Waals surface area contributed by atoms with Gasteiger partial charge in [0, 0.05) is 10.7 Å². The van der Waals surface area contributed by atoms with Crippen LogP contribution in [0, 0.1) is 0 Å². The molecule has 2 aromatic rings. The van der Waals surface area contributed by atoms with E-state index in [1.54, 1.807) is 0 Å². The van der Waals surface area contributed by atoms with Gasteiger partial charge in [-0.1, -0.05) is 23.2 Å². The molecule has 0 aliphatic heterocycles. The minimum absolute atomic E-state index is 0.0813. The highest BCUT2D eigenvalue weighted by Crippen LogP contribution is 2.31. The second-order valence-electron chi connectivity index (χ2n) is 4.29. The number of nitrogens with two attached hydrogens (primary N) is 1. The Balaban J connectivity index is 2.34. The van der Waals surface area contributed by atoms with Crippen molar-refractivity contribution < 1.29 is 18.3 Å². The van der Waals surface area contributed by atoms with Crippen LogP contribution in [0.5, 0.6) is 5.75 Å². The number of hydrogen-bond acceptors (Lipinski definition) is 5. The van der Waals surface area contributed by atoms with Gasteiger partial charge in [0.15, 0.2) is 0 Å². The first-order valence-corrected chi connectivity index (χ1v) is 8.05. The maximum Gasteiger partial charge on any atom is 0.268 e. The van der Waals surface area contributed by atoms with Crippen molar-refractivity contribution in [2.24, 2.45) is 0 Å². The molecule has 2 rings (SSSR count). The number of anilines is 1. The van der Waals surface area contributed by atoms with Crippen LogP contribution in [-0.4, -0.2) is 19.4 Å². The highest BCUT2D eigenvalue weighted by molar-refractivity contribution is 7.90. The molecule has 1 amide bonds. The fraction of sp³-hybridized carbons (Fsp3) is 0. The minimum atomic E-state index is -4.12. The van der Waals surface area contributed by atoms with Gasteiger partial charge in [0.25, 0.3) is 15.9 Å². The summed E-state index contributed by atoms with van der Waals surface area (Å²) in [6, 6.07) is 7.59. The van der Waals surface area contributed by atoms with E-state index in [1.165, 1.54) is 30.3 Å². The van der Waals surface area contributed by atoms with Gasteiger partial charge in [-0.3, -0.25) is 4.79 Å². The van der Waals surface area contributed by atoms with Crippen molar-refractivity contribution in [3.05, 3.63) is 52.0 Å². The summed E-state index contributed by atoms with van der Waals surface area (Å²) >= 11 is 11.4. The zero-order chi connectivity index (χ0) is 16.5. The number of hydrogen-bond donors (Lipinski definition) is 3. The van der Waals surface area contributed by atoms with E-state index in [1.807, 2.05) is 4.72 Å². The number of aromatic hydroxyl groups is 1. The number of phenolic OH excluding ortho intramolecular Hbond substituents is 1. The van der Waals surface area contributed by atoms with Crippen molar-refractivity contribution in [2.75, 3.05) is 5.73 Å². The molecule has 0 aliphatic rings. The molecular formula is C13H10Cl2N2O4S. The Kier molecular flexibility index (Phi) is 4.50. The number of carbonyl (C=O) groups excluding carboxylic acids is 1. The van der Waals surface area contributed by atoms with E-state index in [0.717, 1.165) is 6.07 Å². The van der Waals surface area contributed by atoms with Crippen LogP contribution >= 0.6 is 23.2 Å². The molecular weight excluding hydrogens is 351 g/mol. The highest BCUT2D eigenvalue weighted by Gasteiger charge is 2.22. The Morgan fingerprint density at radius 3 is 2.32 bits per heavy atom. The van der Waals surface area contributed by atoms with Gasteiger partial charge in [-0.05, 0) is 36.4 Å². The van der Waals surface area contributed by atoms with E-state index in [4.69, 9.17) is 28.9 Å². The largest absolute Gasteiger partial charge is 0.506 e. The number of halogens is 2. The van der Waals surface area contributed by atoms with Crippen LogP contribution in [0.4, 0.5) is 5.69 Å². The van der Waals surface area contributed by atoms with Gasteiger partial charge in [-0.25, -0.2) is 13.1 Å². The second kappa shape index (κ2) is 6.04. The number of nitrogen functional groups attached to an aromatic ring is 1. The maximum atomic E-state index is 12.1. The molecule has 0 spiro atoms. The van der Waals surface area contributed by atoms with Crippen LogP contribution in [-0.2, 0) is 10.0 Å². The first-order valence-electron chi connectivity index (χ1n) is 5.81. The van der Waals surface area contributed by atoms with Crippen molar-refractivity contribution in [1.29, 1.82) is 0 Å². The van der Waals surface area contributed by atoms with E-state index in [-0.39, 0.29) is 20.5 Å². The number of phenols is 1. The Morgan fingerprint density at radius 1 is 1.14 bits per heavy atom. The molecule has 0 radical (unpaired) electrons. The zero-order valence-electron chi connectivity index (χ0n) is 10.9. The van der Waals surface area contributed by atoms with Crippen LogP contribution in [0.15, 0.2) is 41.3 Å². The molecule has 0 atom stereocenters. The molecule has 0 bridgehead atoms. The maximum absolute atomic E-state index is 12.1. The Bertz CT molecular complexity index is 836. The van der Waals surface area contributed by atoms with Gasteiger partial charge < -0.3 is 10.8 Å². The zero-order valence-corrected chi connectivity index (χ0v) is 13.2. The Morgan fingerprint density at radius 2 is 1.73 bits per heavy atom. The topological polar surface area (TPSA) is 109 Å². The first-order chi connectivity index (χ1) is 10.2. The van der Waals surface area contributed by atoms with Crippen molar-refractivity contribution >= 4 is 44.8 Å². The lowest BCUT2D eigenvalue weighted by atomic mass is 10.2. The van der Waals surface area contributed by atoms with Crippen LogP contribution in [0.3, 0.4) is 0 Å². The predicted molar refractivity (Wildman–Crippen MR) is 83.6 cm³/mol. The van der Waals surface area contributed by atoms with Gasteiger partial charge in [0.05, 0.1) is 15.5 Å². The Labute approximate surface area is 136 Å².